The molecule has 0 aliphatic rings. The topological polar surface area (TPSA) is 42.0 Å². The van der Waals surface area contributed by atoms with Crippen molar-refractivity contribution in [3.63, 3.8) is 0 Å². The highest BCUT2D eigenvalue weighted by molar-refractivity contribution is 6.30. The molecule has 0 aliphatic carbocycles. The van der Waals surface area contributed by atoms with Crippen LogP contribution in [0.3, 0.4) is 0 Å². The van der Waals surface area contributed by atoms with Gasteiger partial charge in [0.25, 0.3) is 5.91 Å². The van der Waals surface area contributed by atoms with E-state index >= 15 is 0 Å². The van der Waals surface area contributed by atoms with Crippen molar-refractivity contribution in [3.05, 3.63) is 58.9 Å². The minimum Gasteiger partial charge on any atom is -0.321 e. The molecule has 0 saturated heterocycles. The first-order chi connectivity index (χ1) is 8.15. The lowest BCUT2D eigenvalue weighted by atomic mass is 10.2. The zero-order valence-electron chi connectivity index (χ0n) is 9.27. The summed E-state index contributed by atoms with van der Waals surface area (Å²) in [5.74, 6) is -0.240. The number of carbonyl (C=O) groups is 1. The maximum atomic E-state index is 11.9. The minimum absolute atomic E-state index is 0.240. The molecule has 1 amide bonds. The van der Waals surface area contributed by atoms with E-state index in [9.17, 15) is 4.79 Å². The fourth-order valence-electron chi connectivity index (χ4n) is 1.43. The summed E-state index contributed by atoms with van der Waals surface area (Å²) in [6.07, 6.45) is 0. The van der Waals surface area contributed by atoms with Crippen LogP contribution in [0, 0.1) is 6.92 Å². The number of rotatable bonds is 2. The first-order valence-corrected chi connectivity index (χ1v) is 5.53. The van der Waals surface area contributed by atoms with Gasteiger partial charge in [0.2, 0.25) is 0 Å². The summed E-state index contributed by atoms with van der Waals surface area (Å²) >= 11 is 5.83. The number of nitrogens with zero attached hydrogens (tertiary/aromatic N) is 1. The molecular formula is C13H11ClN2O. The summed E-state index contributed by atoms with van der Waals surface area (Å²) in [6.45, 7) is 1.84. The Labute approximate surface area is 104 Å². The van der Waals surface area contributed by atoms with Crippen molar-refractivity contribution in [1.82, 2.24) is 4.98 Å². The van der Waals surface area contributed by atoms with Gasteiger partial charge in [0.15, 0.2) is 0 Å². The Morgan fingerprint density at radius 3 is 2.71 bits per heavy atom. The number of carbonyl (C=O) groups excluding carboxylic acids is 1. The van der Waals surface area contributed by atoms with E-state index in [0.717, 1.165) is 5.69 Å². The van der Waals surface area contributed by atoms with Crippen LogP contribution in [0.25, 0.3) is 0 Å². The Bertz CT molecular complexity index is 555. The van der Waals surface area contributed by atoms with E-state index in [0.29, 0.717) is 16.4 Å². The van der Waals surface area contributed by atoms with Crippen LogP contribution in [-0.4, -0.2) is 10.9 Å². The van der Waals surface area contributed by atoms with Crippen LogP contribution < -0.4 is 5.32 Å². The van der Waals surface area contributed by atoms with E-state index in [1.165, 1.54) is 0 Å². The Morgan fingerprint density at radius 1 is 1.24 bits per heavy atom. The molecule has 0 fully saturated rings. The zero-order chi connectivity index (χ0) is 12.3. The van der Waals surface area contributed by atoms with Crippen molar-refractivity contribution in [2.24, 2.45) is 0 Å². The van der Waals surface area contributed by atoms with Crippen molar-refractivity contribution in [3.8, 4) is 0 Å². The third-order valence-electron chi connectivity index (χ3n) is 2.20. The normalized spacial score (nSPS) is 10.0. The molecule has 0 aliphatic heterocycles. The highest BCUT2D eigenvalue weighted by Gasteiger charge is 2.07. The Balaban J connectivity index is 2.17. The monoisotopic (exact) mass is 246 g/mol. The molecule has 17 heavy (non-hydrogen) atoms. The lowest BCUT2D eigenvalue weighted by molar-refractivity contribution is 0.102. The average Bonchev–Trinajstić information content (AvgIpc) is 2.29. The lowest BCUT2D eigenvalue weighted by Gasteiger charge is -2.05. The molecule has 0 bridgehead atoms. The first kappa shape index (κ1) is 11.6. The number of pyridine rings is 1. The second-order valence-corrected chi connectivity index (χ2v) is 4.07. The summed E-state index contributed by atoms with van der Waals surface area (Å²) in [4.78, 5) is 16.0. The fraction of sp³-hybridized carbons (Fsp3) is 0.0769. The molecule has 1 aromatic heterocycles. The standard InChI is InChI=1S/C13H11ClN2O/c1-9-4-2-7-12(15-9)13(17)16-11-6-3-5-10(14)8-11/h2-8H,1H3,(H,16,17). The van der Waals surface area contributed by atoms with Gasteiger partial charge in [0.05, 0.1) is 0 Å². The van der Waals surface area contributed by atoms with Crippen LogP contribution in [0.2, 0.25) is 5.02 Å². The predicted octanol–water partition coefficient (Wildman–Crippen LogP) is 3.30. The summed E-state index contributed by atoms with van der Waals surface area (Å²) in [5, 5.41) is 3.32. The molecule has 2 rings (SSSR count). The van der Waals surface area contributed by atoms with E-state index in [1.807, 2.05) is 13.0 Å². The van der Waals surface area contributed by atoms with E-state index in [-0.39, 0.29) is 5.91 Å². The van der Waals surface area contributed by atoms with Crippen molar-refractivity contribution < 1.29 is 4.79 Å². The van der Waals surface area contributed by atoms with Crippen LogP contribution in [-0.2, 0) is 0 Å². The van der Waals surface area contributed by atoms with Crippen LogP contribution in [0.1, 0.15) is 16.2 Å². The number of hydrogen-bond acceptors (Lipinski definition) is 2. The molecular weight excluding hydrogens is 236 g/mol. The SMILES string of the molecule is Cc1cccc(C(=O)Nc2cccc(Cl)c2)n1. The van der Waals surface area contributed by atoms with Gasteiger partial charge in [-0.25, -0.2) is 4.98 Å². The minimum atomic E-state index is -0.240. The highest BCUT2D eigenvalue weighted by Crippen LogP contribution is 2.15. The lowest BCUT2D eigenvalue weighted by Crippen LogP contribution is -2.13. The molecule has 86 valence electrons. The van der Waals surface area contributed by atoms with Gasteiger partial charge < -0.3 is 5.32 Å². The van der Waals surface area contributed by atoms with Gasteiger partial charge in [-0.05, 0) is 37.3 Å². The summed E-state index contributed by atoms with van der Waals surface area (Å²) < 4.78 is 0. The maximum Gasteiger partial charge on any atom is 0.274 e. The van der Waals surface area contributed by atoms with Gasteiger partial charge >= 0.3 is 0 Å². The Kier molecular flexibility index (Phi) is 3.40. The van der Waals surface area contributed by atoms with Gasteiger partial charge in [-0.3, -0.25) is 4.79 Å². The van der Waals surface area contributed by atoms with Crippen molar-refractivity contribution in [2.75, 3.05) is 5.32 Å². The zero-order valence-corrected chi connectivity index (χ0v) is 10.0. The van der Waals surface area contributed by atoms with Crippen LogP contribution >= 0.6 is 11.6 Å². The van der Waals surface area contributed by atoms with E-state index in [1.54, 1.807) is 36.4 Å². The molecule has 0 saturated carbocycles. The number of aryl methyl sites for hydroxylation is 1. The molecule has 1 heterocycles. The molecule has 1 N–H and O–H groups in total. The first-order valence-electron chi connectivity index (χ1n) is 5.16. The van der Waals surface area contributed by atoms with Crippen molar-refractivity contribution in [2.45, 2.75) is 6.92 Å². The van der Waals surface area contributed by atoms with E-state index in [4.69, 9.17) is 11.6 Å². The summed E-state index contributed by atoms with van der Waals surface area (Å²) in [7, 11) is 0. The molecule has 0 atom stereocenters. The Hall–Kier alpha value is -1.87. The molecule has 3 nitrogen and oxygen atoms in total. The van der Waals surface area contributed by atoms with Crippen LogP contribution in [0.5, 0.6) is 0 Å². The van der Waals surface area contributed by atoms with Gasteiger partial charge in [0.1, 0.15) is 5.69 Å². The molecule has 0 spiro atoms. The third kappa shape index (κ3) is 3.04. The molecule has 4 heteroatoms. The van der Waals surface area contributed by atoms with Gasteiger partial charge in [-0.15, -0.1) is 0 Å². The number of amides is 1. The van der Waals surface area contributed by atoms with Gasteiger partial charge in [-0.2, -0.15) is 0 Å². The molecule has 2 aromatic rings. The quantitative estimate of drug-likeness (QED) is 0.884. The van der Waals surface area contributed by atoms with E-state index in [2.05, 4.69) is 10.3 Å². The Morgan fingerprint density at radius 2 is 2.00 bits per heavy atom. The third-order valence-corrected chi connectivity index (χ3v) is 2.44. The largest absolute Gasteiger partial charge is 0.321 e. The van der Waals surface area contributed by atoms with E-state index < -0.39 is 0 Å². The molecule has 0 unspecified atom stereocenters. The van der Waals surface area contributed by atoms with Crippen molar-refractivity contribution >= 4 is 23.2 Å². The smallest absolute Gasteiger partial charge is 0.274 e. The van der Waals surface area contributed by atoms with Crippen LogP contribution in [0.15, 0.2) is 42.5 Å². The number of aromatic nitrogens is 1. The average molecular weight is 247 g/mol. The molecule has 1 aromatic carbocycles. The highest BCUT2D eigenvalue weighted by atomic mass is 35.5. The number of benzene rings is 1. The summed E-state index contributed by atoms with van der Waals surface area (Å²) in [6, 6.07) is 12.3. The van der Waals surface area contributed by atoms with Gasteiger partial charge in [-0.1, -0.05) is 23.7 Å². The second-order valence-electron chi connectivity index (χ2n) is 3.63. The number of hydrogen-bond donors (Lipinski definition) is 1. The molecule has 0 radical (unpaired) electrons. The number of anilines is 1. The van der Waals surface area contributed by atoms with Crippen molar-refractivity contribution in [1.29, 1.82) is 0 Å². The van der Waals surface area contributed by atoms with Gasteiger partial charge in [0, 0.05) is 16.4 Å². The second kappa shape index (κ2) is 4.97. The number of nitrogens with one attached hydrogen (secondary N) is 1. The predicted molar refractivity (Wildman–Crippen MR) is 68.4 cm³/mol. The number of halogens is 1. The fourth-order valence-corrected chi connectivity index (χ4v) is 1.62. The maximum absolute atomic E-state index is 11.9. The van der Waals surface area contributed by atoms with Crippen LogP contribution in [0.4, 0.5) is 5.69 Å². The summed E-state index contributed by atoms with van der Waals surface area (Å²) in [5.41, 5.74) is 1.86.